The van der Waals surface area contributed by atoms with Gasteiger partial charge in [-0.05, 0) is 44.2 Å². The van der Waals surface area contributed by atoms with Crippen LogP contribution in [0.15, 0.2) is 0 Å². The van der Waals surface area contributed by atoms with Crippen LogP contribution in [0.5, 0.6) is 0 Å². The Hall–Kier alpha value is 0.0238. The zero-order valence-electron chi connectivity index (χ0n) is 17.3. The van der Waals surface area contributed by atoms with E-state index in [0.29, 0.717) is 0 Å². The molecule has 3 nitrogen and oxygen atoms in total. The second kappa shape index (κ2) is 8.41. The fraction of sp³-hybridized carbons (Fsp3) is 0.944. The average molecular weight is 361 g/mol. The van der Waals surface area contributed by atoms with Crippen LogP contribution in [0.25, 0.3) is 0 Å². The Morgan fingerprint density at radius 1 is 1.00 bits per heavy atom. The summed E-state index contributed by atoms with van der Waals surface area (Å²) >= 11 is 0. The molecule has 138 valence electrons. The number of carbonyl (C=O) groups is 1. The van der Waals surface area contributed by atoms with Crippen LogP contribution in [-0.2, 0) is 13.6 Å². The Bertz CT molecular complexity index is 369. The molecule has 0 aliphatic carbocycles. The predicted molar refractivity (Wildman–Crippen MR) is 105 cm³/mol. The third-order valence-electron chi connectivity index (χ3n) is 4.98. The summed E-state index contributed by atoms with van der Waals surface area (Å²) in [7, 11) is -3.55. The van der Waals surface area contributed by atoms with Gasteiger partial charge >= 0.3 is 0 Å². The standard InChI is InChI=1S/C18H40O3Si2/c1-12-16(20-22(7,8)9)15(3)17(14(2)13-19)21-23(10,11)18(4,5)6/h13-17H,12H2,1-11H3/t14-,15+,16?,17-/m0/s1. The van der Waals surface area contributed by atoms with Gasteiger partial charge in [-0.25, -0.2) is 0 Å². The van der Waals surface area contributed by atoms with Gasteiger partial charge in [-0.1, -0.05) is 41.5 Å². The number of aldehydes is 1. The van der Waals surface area contributed by atoms with Gasteiger partial charge in [-0.15, -0.1) is 0 Å². The molecule has 0 saturated carbocycles. The maximum atomic E-state index is 11.5. The highest BCUT2D eigenvalue weighted by Gasteiger charge is 2.43. The third kappa shape index (κ3) is 7.20. The van der Waals surface area contributed by atoms with Crippen molar-refractivity contribution in [3.8, 4) is 0 Å². The lowest BCUT2D eigenvalue weighted by atomic mass is 9.89. The molecular weight excluding hydrogens is 320 g/mol. The molecule has 0 saturated heterocycles. The van der Waals surface area contributed by atoms with E-state index in [4.69, 9.17) is 8.85 Å². The highest BCUT2D eigenvalue weighted by atomic mass is 28.4. The normalized spacial score (nSPS) is 19.1. The molecule has 0 bridgehead atoms. The van der Waals surface area contributed by atoms with Gasteiger partial charge in [0, 0.05) is 17.9 Å². The molecule has 1 unspecified atom stereocenters. The third-order valence-corrected chi connectivity index (χ3v) is 10.5. The molecule has 0 aromatic carbocycles. The summed E-state index contributed by atoms with van der Waals surface area (Å²) in [5.74, 6) is 0.0967. The van der Waals surface area contributed by atoms with Crippen LogP contribution < -0.4 is 0 Å². The zero-order chi connectivity index (χ0) is 18.6. The first-order valence-corrected chi connectivity index (χ1v) is 15.3. The van der Waals surface area contributed by atoms with Crippen LogP contribution in [0, 0.1) is 11.8 Å². The first-order chi connectivity index (χ1) is 10.2. The van der Waals surface area contributed by atoms with Crippen molar-refractivity contribution in [1.82, 2.24) is 0 Å². The number of carbonyl (C=O) groups excluding carboxylic acids is 1. The summed E-state index contributed by atoms with van der Waals surface area (Å²) < 4.78 is 13.0. The van der Waals surface area contributed by atoms with Crippen LogP contribution in [0.3, 0.4) is 0 Å². The van der Waals surface area contributed by atoms with E-state index in [-0.39, 0.29) is 29.1 Å². The second-order valence-corrected chi connectivity index (χ2v) is 18.6. The first-order valence-electron chi connectivity index (χ1n) is 8.97. The Kier molecular flexibility index (Phi) is 8.42. The molecule has 0 aromatic rings. The zero-order valence-corrected chi connectivity index (χ0v) is 19.3. The van der Waals surface area contributed by atoms with Crippen molar-refractivity contribution in [3.63, 3.8) is 0 Å². The van der Waals surface area contributed by atoms with E-state index in [1.54, 1.807) is 0 Å². The van der Waals surface area contributed by atoms with Gasteiger partial charge in [0.05, 0.1) is 6.10 Å². The highest BCUT2D eigenvalue weighted by molar-refractivity contribution is 6.74. The summed E-state index contributed by atoms with van der Waals surface area (Å²) in [6, 6.07) is 0. The van der Waals surface area contributed by atoms with Gasteiger partial charge in [-0.2, -0.15) is 0 Å². The number of rotatable bonds is 9. The van der Waals surface area contributed by atoms with E-state index in [1.807, 2.05) is 6.92 Å². The van der Waals surface area contributed by atoms with Crippen LogP contribution in [-0.4, -0.2) is 35.1 Å². The van der Waals surface area contributed by atoms with Crippen molar-refractivity contribution in [3.05, 3.63) is 0 Å². The monoisotopic (exact) mass is 360 g/mol. The lowest BCUT2D eigenvalue weighted by molar-refractivity contribution is -0.115. The van der Waals surface area contributed by atoms with Crippen LogP contribution >= 0.6 is 0 Å². The molecule has 0 amide bonds. The van der Waals surface area contributed by atoms with E-state index in [1.165, 1.54) is 0 Å². The van der Waals surface area contributed by atoms with E-state index >= 15 is 0 Å². The summed E-state index contributed by atoms with van der Waals surface area (Å²) in [4.78, 5) is 11.5. The summed E-state index contributed by atoms with van der Waals surface area (Å²) in [5, 5.41) is 0.134. The molecule has 0 aliphatic heterocycles. The molecule has 0 heterocycles. The largest absolute Gasteiger partial charge is 0.414 e. The molecule has 5 heteroatoms. The Morgan fingerprint density at radius 2 is 1.48 bits per heavy atom. The molecule has 0 radical (unpaired) electrons. The van der Waals surface area contributed by atoms with Gasteiger partial charge in [0.25, 0.3) is 0 Å². The fourth-order valence-corrected chi connectivity index (χ4v) is 5.27. The van der Waals surface area contributed by atoms with Crippen molar-refractivity contribution in [2.24, 2.45) is 11.8 Å². The molecule has 0 aliphatic rings. The van der Waals surface area contributed by atoms with Gasteiger partial charge in [0.15, 0.2) is 16.6 Å². The second-order valence-electron chi connectivity index (χ2n) is 9.37. The quantitative estimate of drug-likeness (QED) is 0.403. The minimum absolute atomic E-state index is 0.0744. The average Bonchev–Trinajstić information content (AvgIpc) is 2.38. The van der Waals surface area contributed by atoms with E-state index in [9.17, 15) is 4.79 Å². The summed E-state index contributed by atoms with van der Waals surface area (Å²) in [5.41, 5.74) is 0. The van der Waals surface area contributed by atoms with Gasteiger partial charge in [-0.3, -0.25) is 0 Å². The van der Waals surface area contributed by atoms with Crippen LogP contribution in [0.4, 0.5) is 0 Å². The van der Waals surface area contributed by atoms with Gasteiger partial charge in [0.2, 0.25) is 0 Å². The van der Waals surface area contributed by atoms with Gasteiger partial charge in [0.1, 0.15) is 6.29 Å². The maximum Gasteiger partial charge on any atom is 0.192 e. The molecule has 0 rings (SSSR count). The van der Waals surface area contributed by atoms with E-state index in [2.05, 4.69) is 67.4 Å². The van der Waals surface area contributed by atoms with E-state index < -0.39 is 16.6 Å². The van der Waals surface area contributed by atoms with Crippen molar-refractivity contribution >= 4 is 22.9 Å². The van der Waals surface area contributed by atoms with Crippen molar-refractivity contribution in [2.45, 2.75) is 97.9 Å². The van der Waals surface area contributed by atoms with Crippen molar-refractivity contribution < 1.29 is 13.6 Å². The molecule has 0 spiro atoms. The van der Waals surface area contributed by atoms with E-state index in [0.717, 1.165) is 12.7 Å². The Morgan fingerprint density at radius 3 is 1.78 bits per heavy atom. The first kappa shape index (κ1) is 23.0. The van der Waals surface area contributed by atoms with Crippen LogP contribution in [0.1, 0.15) is 48.0 Å². The lowest BCUT2D eigenvalue weighted by Crippen LogP contribution is -2.50. The minimum Gasteiger partial charge on any atom is -0.414 e. The number of hydrogen-bond donors (Lipinski definition) is 0. The Balaban J connectivity index is 5.42. The topological polar surface area (TPSA) is 35.5 Å². The summed E-state index contributed by atoms with van der Waals surface area (Å²) in [6.07, 6.45) is 2.07. The maximum absolute atomic E-state index is 11.5. The highest BCUT2D eigenvalue weighted by Crippen LogP contribution is 2.39. The minimum atomic E-state index is -1.93. The molecule has 23 heavy (non-hydrogen) atoms. The van der Waals surface area contributed by atoms with Crippen molar-refractivity contribution in [2.75, 3.05) is 0 Å². The summed E-state index contributed by atoms with van der Waals surface area (Å²) in [6.45, 7) is 24.2. The lowest BCUT2D eigenvalue weighted by Gasteiger charge is -2.44. The molecule has 4 atom stereocenters. The predicted octanol–water partition coefficient (Wildman–Crippen LogP) is 5.48. The van der Waals surface area contributed by atoms with Gasteiger partial charge < -0.3 is 13.6 Å². The number of hydrogen-bond acceptors (Lipinski definition) is 3. The smallest absolute Gasteiger partial charge is 0.192 e. The Labute approximate surface area is 146 Å². The SMILES string of the molecule is CCC(O[Si](C)(C)C)[C@@H](C)[C@@H](O[Si](C)(C)C(C)(C)C)[C@@H](C)C=O. The fourth-order valence-electron chi connectivity index (χ4n) is 2.52. The molecule has 0 aromatic heterocycles. The molecule has 0 N–H and O–H groups in total. The van der Waals surface area contributed by atoms with Crippen LogP contribution in [0.2, 0.25) is 37.8 Å². The van der Waals surface area contributed by atoms with Crippen molar-refractivity contribution in [1.29, 1.82) is 0 Å². The molecule has 0 fully saturated rings. The molecular formula is C18H40O3Si2.